The molecule has 0 saturated heterocycles. The van der Waals surface area contributed by atoms with Crippen LogP contribution in [0.1, 0.15) is 67.7 Å². The van der Waals surface area contributed by atoms with E-state index >= 15 is 0 Å². The van der Waals surface area contributed by atoms with Gasteiger partial charge in [0.1, 0.15) is 23.7 Å². The molecule has 1 aliphatic heterocycles. The molecule has 3 rings (SSSR count). The molecular weight excluding hydrogens is 420 g/mol. The van der Waals surface area contributed by atoms with Crippen molar-refractivity contribution < 1.29 is 23.8 Å². The molecule has 1 heterocycles. The van der Waals surface area contributed by atoms with Gasteiger partial charge in [-0.15, -0.1) is 0 Å². The Bertz CT molecular complexity index is 1030. The number of nitrogens with zero attached hydrogens (tertiary/aromatic N) is 1. The zero-order valence-electron chi connectivity index (χ0n) is 20.3. The Kier molecular flexibility index (Phi) is 7.20. The Morgan fingerprint density at radius 3 is 2.48 bits per heavy atom. The van der Waals surface area contributed by atoms with Crippen LogP contribution in [0.2, 0.25) is 0 Å². The highest BCUT2D eigenvalue weighted by Crippen LogP contribution is 2.38. The monoisotopic (exact) mass is 454 g/mol. The molecule has 0 bridgehead atoms. The maximum atomic E-state index is 12.8. The third-order valence-electron chi connectivity index (χ3n) is 5.61. The first-order valence-electron chi connectivity index (χ1n) is 11.2. The summed E-state index contributed by atoms with van der Waals surface area (Å²) in [6.45, 7) is 10.7. The lowest BCUT2D eigenvalue weighted by Crippen LogP contribution is -2.44. The Hall–Kier alpha value is -3.22. The fourth-order valence-corrected chi connectivity index (χ4v) is 4.17. The Morgan fingerprint density at radius 2 is 1.88 bits per heavy atom. The van der Waals surface area contributed by atoms with Crippen LogP contribution in [0.25, 0.3) is 0 Å². The molecule has 0 spiro atoms. The van der Waals surface area contributed by atoms with Crippen molar-refractivity contribution in [1.82, 2.24) is 4.90 Å². The molecule has 0 radical (unpaired) electrons. The quantitative estimate of drug-likeness (QED) is 0.673. The molecule has 2 amide bonds. The van der Waals surface area contributed by atoms with Crippen molar-refractivity contribution in [2.24, 2.45) is 11.7 Å². The van der Waals surface area contributed by atoms with Crippen molar-refractivity contribution in [3.63, 3.8) is 0 Å². The molecule has 33 heavy (non-hydrogen) atoms. The first-order valence-corrected chi connectivity index (χ1v) is 11.2. The molecule has 1 atom stereocenters. The topological polar surface area (TPSA) is 91.1 Å². The number of rotatable bonds is 6. The minimum atomic E-state index is -0.538. The molecule has 178 valence electrons. The first-order chi connectivity index (χ1) is 15.5. The van der Waals surface area contributed by atoms with Crippen LogP contribution < -0.4 is 15.2 Å². The van der Waals surface area contributed by atoms with Gasteiger partial charge in [0.05, 0.1) is 13.2 Å². The minimum absolute atomic E-state index is 0.0648. The second-order valence-corrected chi connectivity index (χ2v) is 9.65. The average Bonchev–Trinajstić information content (AvgIpc) is 2.74. The van der Waals surface area contributed by atoms with Gasteiger partial charge >= 0.3 is 6.09 Å². The highest BCUT2D eigenvalue weighted by atomic mass is 16.6. The maximum absolute atomic E-state index is 12.8. The Morgan fingerprint density at radius 1 is 1.15 bits per heavy atom. The molecule has 1 unspecified atom stereocenters. The van der Waals surface area contributed by atoms with E-state index < -0.39 is 11.5 Å². The Balaban J connectivity index is 1.81. The van der Waals surface area contributed by atoms with Crippen LogP contribution in [0, 0.1) is 5.92 Å². The summed E-state index contributed by atoms with van der Waals surface area (Å²) in [5.41, 5.74) is 8.28. The number of fused-ring (bicyclic) bond motifs is 1. The van der Waals surface area contributed by atoms with E-state index in [2.05, 4.69) is 13.8 Å². The van der Waals surface area contributed by atoms with Gasteiger partial charge in [-0.3, -0.25) is 4.79 Å². The standard InChI is InChI=1S/C26H34N2O5/c1-16(2)23-21-9-8-20(14-17(21)11-12-28(23)25(30)33-26(3,4)5)32-15-19-13-18(24(27)29)7-10-22(19)31-6/h7-10,13-14,16,23H,11-12,15H2,1-6H3,(H2,27,29). The fourth-order valence-electron chi connectivity index (χ4n) is 4.17. The number of methoxy groups -OCH3 is 1. The molecule has 7 heteroatoms. The number of carbonyl (C=O) groups excluding carboxylic acids is 2. The highest BCUT2D eigenvalue weighted by molar-refractivity contribution is 5.93. The van der Waals surface area contributed by atoms with Gasteiger partial charge in [0, 0.05) is 17.7 Å². The number of primary amides is 1. The van der Waals surface area contributed by atoms with Gasteiger partial charge in [-0.2, -0.15) is 0 Å². The maximum Gasteiger partial charge on any atom is 0.410 e. The molecule has 2 aromatic rings. The number of amides is 2. The van der Waals surface area contributed by atoms with E-state index in [4.69, 9.17) is 19.9 Å². The van der Waals surface area contributed by atoms with Crippen LogP contribution in [0.3, 0.4) is 0 Å². The van der Waals surface area contributed by atoms with Crippen molar-refractivity contribution in [2.45, 2.75) is 59.3 Å². The number of ether oxygens (including phenoxy) is 3. The highest BCUT2D eigenvalue weighted by Gasteiger charge is 2.35. The number of carbonyl (C=O) groups is 2. The third kappa shape index (κ3) is 5.78. The van der Waals surface area contributed by atoms with Crippen molar-refractivity contribution in [3.05, 3.63) is 58.7 Å². The summed E-state index contributed by atoms with van der Waals surface area (Å²) in [4.78, 5) is 26.2. The predicted octanol–water partition coefficient (Wildman–Crippen LogP) is 4.86. The van der Waals surface area contributed by atoms with Gasteiger partial charge in [-0.1, -0.05) is 19.9 Å². The molecule has 0 fully saturated rings. The largest absolute Gasteiger partial charge is 0.496 e. The molecule has 7 nitrogen and oxygen atoms in total. The third-order valence-corrected chi connectivity index (χ3v) is 5.61. The second-order valence-electron chi connectivity index (χ2n) is 9.65. The van der Waals surface area contributed by atoms with Gasteiger partial charge in [0.2, 0.25) is 5.91 Å². The zero-order chi connectivity index (χ0) is 24.3. The fraction of sp³-hybridized carbons (Fsp3) is 0.462. The minimum Gasteiger partial charge on any atom is -0.496 e. The number of benzene rings is 2. The Labute approximate surface area is 195 Å². The van der Waals surface area contributed by atoms with Crippen LogP contribution in [0.5, 0.6) is 11.5 Å². The zero-order valence-corrected chi connectivity index (χ0v) is 20.3. The van der Waals surface area contributed by atoms with Gasteiger partial charge < -0.3 is 24.8 Å². The van der Waals surface area contributed by atoms with Crippen molar-refractivity contribution in [1.29, 1.82) is 0 Å². The summed E-state index contributed by atoms with van der Waals surface area (Å²) in [6.07, 6.45) is 0.434. The summed E-state index contributed by atoms with van der Waals surface area (Å²) in [5, 5.41) is 0. The van der Waals surface area contributed by atoms with Crippen LogP contribution in [-0.4, -0.2) is 36.2 Å². The van der Waals surface area contributed by atoms with Crippen molar-refractivity contribution >= 4 is 12.0 Å². The normalized spacial score (nSPS) is 15.7. The van der Waals surface area contributed by atoms with E-state index in [1.54, 1.807) is 25.3 Å². The van der Waals surface area contributed by atoms with Crippen LogP contribution in [-0.2, 0) is 17.8 Å². The SMILES string of the molecule is COc1ccc(C(N)=O)cc1COc1ccc2c(c1)CCN(C(=O)OC(C)(C)C)C2C(C)C. The average molecular weight is 455 g/mol. The van der Waals surface area contributed by atoms with E-state index in [1.165, 1.54) is 0 Å². The van der Waals surface area contributed by atoms with E-state index in [0.717, 1.165) is 23.1 Å². The molecule has 2 N–H and O–H groups in total. The van der Waals surface area contributed by atoms with Gasteiger partial charge in [0.25, 0.3) is 0 Å². The summed E-state index contributed by atoms with van der Waals surface area (Å²) < 4.78 is 17.1. The summed E-state index contributed by atoms with van der Waals surface area (Å²) in [7, 11) is 1.57. The molecule has 0 aromatic heterocycles. The lowest BCUT2D eigenvalue weighted by atomic mass is 9.86. The van der Waals surface area contributed by atoms with E-state index in [-0.39, 0.29) is 24.7 Å². The second kappa shape index (κ2) is 9.73. The first kappa shape index (κ1) is 24.4. The van der Waals surface area contributed by atoms with Crippen LogP contribution >= 0.6 is 0 Å². The van der Waals surface area contributed by atoms with Crippen LogP contribution in [0.15, 0.2) is 36.4 Å². The summed E-state index contributed by atoms with van der Waals surface area (Å²) in [5.74, 6) is 1.07. The van der Waals surface area contributed by atoms with E-state index in [0.29, 0.717) is 23.6 Å². The summed E-state index contributed by atoms with van der Waals surface area (Å²) in [6, 6.07) is 10.9. The van der Waals surface area contributed by atoms with Crippen molar-refractivity contribution in [3.8, 4) is 11.5 Å². The van der Waals surface area contributed by atoms with Gasteiger partial charge in [-0.05, 0) is 74.6 Å². The smallest absolute Gasteiger partial charge is 0.410 e. The van der Waals surface area contributed by atoms with Crippen molar-refractivity contribution in [2.75, 3.05) is 13.7 Å². The predicted molar refractivity (Wildman–Crippen MR) is 127 cm³/mol. The van der Waals surface area contributed by atoms with Gasteiger partial charge in [-0.25, -0.2) is 4.79 Å². The number of nitrogens with two attached hydrogens (primary N) is 1. The molecule has 0 aliphatic carbocycles. The lowest BCUT2D eigenvalue weighted by molar-refractivity contribution is 0.00876. The lowest BCUT2D eigenvalue weighted by Gasteiger charge is -2.40. The molecule has 1 aliphatic rings. The van der Waals surface area contributed by atoms with E-state index in [9.17, 15) is 9.59 Å². The summed E-state index contributed by atoms with van der Waals surface area (Å²) >= 11 is 0. The molecule has 2 aromatic carbocycles. The molecule has 0 saturated carbocycles. The number of hydrogen-bond acceptors (Lipinski definition) is 5. The van der Waals surface area contributed by atoms with E-state index in [1.807, 2.05) is 43.9 Å². The molecular formula is C26H34N2O5. The van der Waals surface area contributed by atoms with Gasteiger partial charge in [0.15, 0.2) is 0 Å². The van der Waals surface area contributed by atoms with Crippen LogP contribution in [0.4, 0.5) is 4.79 Å². The number of hydrogen-bond donors (Lipinski definition) is 1.